The smallest absolute Gasteiger partial charge is 0.366 e. The maximum atomic E-state index is 11.5. The maximum absolute atomic E-state index is 11.5. The van der Waals surface area contributed by atoms with E-state index in [0.29, 0.717) is 29.7 Å². The summed E-state index contributed by atoms with van der Waals surface area (Å²) in [5.74, 6) is 0.553. The van der Waals surface area contributed by atoms with E-state index in [1.54, 1.807) is 6.07 Å². The fraction of sp³-hybridized carbons (Fsp3) is 0.368. The van der Waals surface area contributed by atoms with Gasteiger partial charge in [-0.1, -0.05) is 29.7 Å². The zero-order chi connectivity index (χ0) is 19.8. The molecule has 1 spiro atoms. The summed E-state index contributed by atoms with van der Waals surface area (Å²) < 4.78 is 0.176. The molecule has 0 bridgehead atoms. The lowest BCUT2D eigenvalue weighted by atomic mass is 10.1. The fourth-order valence-electron chi connectivity index (χ4n) is 3.43. The van der Waals surface area contributed by atoms with E-state index in [-0.39, 0.29) is 21.8 Å². The molecule has 0 radical (unpaired) electrons. The summed E-state index contributed by atoms with van der Waals surface area (Å²) in [6.45, 7) is 23.0. The topological polar surface area (TPSA) is 74.9 Å². The van der Waals surface area contributed by atoms with Gasteiger partial charge in [-0.25, -0.2) is 0 Å². The molecule has 1 saturated heterocycles. The monoisotopic (exact) mass is 362 g/mol. The summed E-state index contributed by atoms with van der Waals surface area (Å²) in [5, 5.41) is 11.3. The number of amides is 1. The second kappa shape index (κ2) is 6.42. The predicted molar refractivity (Wildman–Crippen MR) is 101 cm³/mol. The lowest BCUT2D eigenvalue weighted by molar-refractivity contribution is -0.685. The molecule has 1 aromatic carbocycles. The van der Waals surface area contributed by atoms with Crippen LogP contribution in [-0.2, 0) is 4.79 Å². The molecule has 0 saturated carbocycles. The number of aryl methyl sites for hydroxylation is 1. The summed E-state index contributed by atoms with van der Waals surface area (Å²) in [6, 6.07) is 5.46. The molecule has 3 rings (SSSR count). The van der Waals surface area contributed by atoms with E-state index in [1.165, 1.54) is 6.92 Å². The third-order valence-corrected chi connectivity index (χ3v) is 5.19. The van der Waals surface area contributed by atoms with Crippen molar-refractivity contribution in [1.82, 2.24) is 0 Å². The van der Waals surface area contributed by atoms with E-state index < -0.39 is 0 Å². The van der Waals surface area contributed by atoms with Crippen LogP contribution in [-0.4, -0.2) is 28.4 Å². The molecule has 0 aliphatic carbocycles. The van der Waals surface area contributed by atoms with Crippen LogP contribution in [0.2, 0.25) is 0 Å². The highest BCUT2D eigenvalue weighted by Crippen LogP contribution is 2.54. The second-order valence-corrected chi connectivity index (χ2v) is 7.00. The molecule has 8 nitrogen and oxygen atoms in total. The number of carbonyl (C=O) groups excluding carboxylic acids is 1. The summed E-state index contributed by atoms with van der Waals surface area (Å²) in [4.78, 5) is 22.7. The molecule has 27 heavy (non-hydrogen) atoms. The molecule has 1 amide bonds. The Hall–Kier alpha value is -3.36. The van der Waals surface area contributed by atoms with Crippen LogP contribution in [0.1, 0.15) is 32.8 Å². The van der Waals surface area contributed by atoms with Crippen LogP contribution in [0, 0.1) is 20.1 Å². The van der Waals surface area contributed by atoms with E-state index in [0.717, 1.165) is 12.0 Å². The number of quaternary nitrogens is 1. The molecule has 1 N–H and O–H groups in total. The molecule has 1 fully saturated rings. The van der Waals surface area contributed by atoms with Crippen LogP contribution in [0.3, 0.4) is 0 Å². The normalized spacial score (nSPS) is 26.1. The van der Waals surface area contributed by atoms with Gasteiger partial charge in [-0.2, -0.15) is 9.33 Å². The Morgan fingerprint density at radius 2 is 2.11 bits per heavy atom. The number of hydrogen-bond acceptors (Lipinski definition) is 4. The first-order valence-corrected chi connectivity index (χ1v) is 8.58. The summed E-state index contributed by atoms with van der Waals surface area (Å²) in [7, 11) is 0. The summed E-state index contributed by atoms with van der Waals surface area (Å²) >= 11 is 0. The van der Waals surface area contributed by atoms with Crippen molar-refractivity contribution in [1.29, 1.82) is 0 Å². The van der Waals surface area contributed by atoms with Crippen LogP contribution in [0.15, 0.2) is 45.1 Å². The zero-order valence-electron chi connectivity index (χ0n) is 15.7. The van der Waals surface area contributed by atoms with E-state index in [4.69, 9.17) is 13.1 Å². The molecule has 2 aliphatic rings. The fourth-order valence-corrected chi connectivity index (χ4v) is 3.43. The third-order valence-electron chi connectivity index (χ3n) is 5.19. The lowest BCUT2D eigenvalue weighted by Gasteiger charge is -2.14. The highest BCUT2D eigenvalue weighted by molar-refractivity contribution is 5.92. The van der Waals surface area contributed by atoms with Gasteiger partial charge in [-0.15, -0.1) is 5.11 Å². The Labute approximate surface area is 158 Å². The van der Waals surface area contributed by atoms with E-state index in [1.807, 2.05) is 26.0 Å². The molecule has 2 unspecified atom stereocenters. The second-order valence-electron chi connectivity index (χ2n) is 7.00. The van der Waals surface area contributed by atoms with Gasteiger partial charge in [0.05, 0.1) is 12.3 Å². The highest BCUT2D eigenvalue weighted by atomic mass is 16.1. The standard InChI is InChI=1S/C19H19N7O/c1-7-19(4)11-26(19)17(21-6)16(20-5)23-18(26)25-24-14-9-8-12(2)10-15(14)22-13(3)27/h8-10H,7,11H2,1-4H3/p+1. The largest absolute Gasteiger partial charge is 0.434 e. The number of guanidine groups is 1. The lowest BCUT2D eigenvalue weighted by Crippen LogP contribution is -2.35. The van der Waals surface area contributed by atoms with Crippen molar-refractivity contribution in [3.05, 3.63) is 58.2 Å². The number of nitrogens with zero attached hydrogens (tertiary/aromatic N) is 6. The summed E-state index contributed by atoms with van der Waals surface area (Å²) in [5.41, 5.74) is 1.83. The minimum absolute atomic E-state index is 0.0853. The van der Waals surface area contributed by atoms with Gasteiger partial charge in [0.25, 0.3) is 0 Å². The average Bonchev–Trinajstić information content (AvgIpc) is 3.12. The molecule has 136 valence electrons. The first-order valence-electron chi connectivity index (χ1n) is 8.58. The first-order chi connectivity index (χ1) is 12.8. The van der Waals surface area contributed by atoms with Crippen molar-refractivity contribution in [2.75, 3.05) is 11.9 Å². The minimum Gasteiger partial charge on any atom is -0.366 e. The first kappa shape index (κ1) is 18.4. The average molecular weight is 362 g/mol. The Bertz CT molecular complexity index is 1010. The summed E-state index contributed by atoms with van der Waals surface area (Å²) in [6.07, 6.45) is 0.827. The number of benzene rings is 1. The molecule has 1 aromatic rings. The molecule has 2 aliphatic heterocycles. The number of hydrogen-bond donors (Lipinski definition) is 1. The number of aliphatic imine (C=N–C) groups is 1. The molecule has 0 aromatic heterocycles. The number of anilines is 1. The van der Waals surface area contributed by atoms with Gasteiger partial charge < -0.3 is 10.2 Å². The van der Waals surface area contributed by atoms with Crippen molar-refractivity contribution in [2.45, 2.75) is 39.7 Å². The number of rotatable bonds is 3. The van der Waals surface area contributed by atoms with Crippen LogP contribution in [0.25, 0.3) is 9.69 Å². The molecular formula is C19H20N7O+. The number of azo groups is 1. The number of carbonyl (C=O) groups is 1. The van der Waals surface area contributed by atoms with Crippen LogP contribution in [0.4, 0.5) is 11.4 Å². The molecule has 2 heterocycles. The minimum atomic E-state index is -0.210. The van der Waals surface area contributed by atoms with Gasteiger partial charge in [-0.05, 0) is 31.5 Å². The van der Waals surface area contributed by atoms with Gasteiger partial charge in [0.1, 0.15) is 17.8 Å². The van der Waals surface area contributed by atoms with Gasteiger partial charge in [0.2, 0.25) is 5.91 Å². The van der Waals surface area contributed by atoms with E-state index in [2.05, 4.69) is 37.2 Å². The van der Waals surface area contributed by atoms with Crippen molar-refractivity contribution >= 4 is 23.2 Å². The van der Waals surface area contributed by atoms with Gasteiger partial charge in [0.15, 0.2) is 0 Å². The van der Waals surface area contributed by atoms with Crippen molar-refractivity contribution < 1.29 is 9.28 Å². The SMILES string of the molecule is [C-]#[N+]C1=C([N+]#[C-])[N+]2(CC2(C)CC)C(N=Nc2ccc(C)cc2NC(C)=O)=N1. The van der Waals surface area contributed by atoms with Crippen LogP contribution in [0.5, 0.6) is 0 Å². The van der Waals surface area contributed by atoms with Crippen molar-refractivity contribution in [3.8, 4) is 0 Å². The van der Waals surface area contributed by atoms with Crippen LogP contribution < -0.4 is 5.32 Å². The third kappa shape index (κ3) is 2.80. The zero-order valence-corrected chi connectivity index (χ0v) is 15.7. The molecular weight excluding hydrogens is 342 g/mol. The van der Waals surface area contributed by atoms with Crippen molar-refractivity contribution in [2.24, 2.45) is 15.2 Å². The number of nitrogens with one attached hydrogen (secondary N) is 1. The predicted octanol–water partition coefficient (Wildman–Crippen LogP) is 4.37. The maximum Gasteiger partial charge on any atom is 0.434 e. The van der Waals surface area contributed by atoms with E-state index in [9.17, 15) is 4.79 Å². The van der Waals surface area contributed by atoms with Gasteiger partial charge in [0, 0.05) is 13.3 Å². The Morgan fingerprint density at radius 1 is 1.37 bits per heavy atom. The van der Waals surface area contributed by atoms with Crippen LogP contribution >= 0.6 is 0 Å². The van der Waals surface area contributed by atoms with Gasteiger partial charge >= 0.3 is 17.6 Å². The Kier molecular flexibility index (Phi) is 4.38. The van der Waals surface area contributed by atoms with E-state index >= 15 is 0 Å². The Balaban J connectivity index is 2.01. The van der Waals surface area contributed by atoms with Crippen molar-refractivity contribution in [3.63, 3.8) is 0 Å². The molecule has 2 atom stereocenters. The molecule has 8 heteroatoms. The quantitative estimate of drug-likeness (QED) is 0.369. The van der Waals surface area contributed by atoms with Gasteiger partial charge in [-0.3, -0.25) is 4.79 Å². The highest BCUT2D eigenvalue weighted by Gasteiger charge is 2.76. The Morgan fingerprint density at radius 3 is 2.67 bits per heavy atom.